The molecule has 180 valence electrons. The second-order valence-electron chi connectivity index (χ2n) is 8.94. The van der Waals surface area contributed by atoms with Crippen LogP contribution >= 0.6 is 0 Å². The van der Waals surface area contributed by atoms with Crippen LogP contribution in [-0.2, 0) is 9.59 Å². The smallest absolute Gasteiger partial charge is 0.300 e. The fraction of sp³-hybridized carbons (Fsp3) is 0.214. The Bertz CT molecular complexity index is 1330. The quantitative estimate of drug-likeness (QED) is 0.262. The van der Waals surface area contributed by atoms with E-state index in [9.17, 15) is 24.9 Å². The number of benzene rings is 3. The number of ether oxygens (including phenoxy) is 1. The lowest BCUT2D eigenvalue weighted by Crippen LogP contribution is -2.29. The van der Waals surface area contributed by atoms with Crippen molar-refractivity contribution in [1.29, 1.82) is 0 Å². The van der Waals surface area contributed by atoms with E-state index < -0.39 is 17.7 Å². The molecule has 1 aliphatic rings. The summed E-state index contributed by atoms with van der Waals surface area (Å²) in [6.45, 7) is 6.45. The molecule has 1 aliphatic heterocycles. The molecule has 3 aromatic rings. The van der Waals surface area contributed by atoms with Gasteiger partial charge in [0.2, 0.25) is 0 Å². The first-order valence-corrected chi connectivity index (χ1v) is 11.3. The number of phenolic OH excluding ortho intramolecular Hbond substituents is 2. The van der Waals surface area contributed by atoms with Gasteiger partial charge in [0.15, 0.2) is 0 Å². The van der Waals surface area contributed by atoms with Crippen molar-refractivity contribution in [2.45, 2.75) is 26.8 Å². The largest absolute Gasteiger partial charge is 0.508 e. The summed E-state index contributed by atoms with van der Waals surface area (Å²) in [4.78, 5) is 27.6. The van der Waals surface area contributed by atoms with Crippen LogP contribution in [-0.4, -0.2) is 33.6 Å². The fourth-order valence-electron chi connectivity index (χ4n) is 4.13. The Morgan fingerprint density at radius 3 is 2.40 bits per heavy atom. The van der Waals surface area contributed by atoms with Crippen molar-refractivity contribution >= 4 is 23.1 Å². The fourth-order valence-corrected chi connectivity index (χ4v) is 4.13. The maximum absolute atomic E-state index is 13.2. The van der Waals surface area contributed by atoms with Crippen LogP contribution in [0.15, 0.2) is 72.3 Å². The van der Waals surface area contributed by atoms with E-state index in [4.69, 9.17) is 4.74 Å². The number of amides is 1. The lowest BCUT2D eigenvalue weighted by molar-refractivity contribution is -0.132. The summed E-state index contributed by atoms with van der Waals surface area (Å²) in [6, 6.07) is 16.3. The van der Waals surface area contributed by atoms with Crippen molar-refractivity contribution in [3.05, 3.63) is 89.0 Å². The third kappa shape index (κ3) is 4.57. The van der Waals surface area contributed by atoms with E-state index in [0.29, 0.717) is 29.4 Å². The van der Waals surface area contributed by atoms with Gasteiger partial charge in [0, 0.05) is 5.56 Å². The summed E-state index contributed by atoms with van der Waals surface area (Å²) in [5.41, 5.74) is 1.50. The molecule has 7 nitrogen and oxygen atoms in total. The van der Waals surface area contributed by atoms with Crippen LogP contribution in [0.2, 0.25) is 0 Å². The van der Waals surface area contributed by atoms with Gasteiger partial charge in [0.25, 0.3) is 11.7 Å². The molecule has 1 fully saturated rings. The number of ketones is 1. The molecule has 1 heterocycles. The van der Waals surface area contributed by atoms with Crippen LogP contribution in [0.4, 0.5) is 5.69 Å². The second kappa shape index (κ2) is 9.54. The lowest BCUT2D eigenvalue weighted by Gasteiger charge is -2.26. The highest BCUT2D eigenvalue weighted by molar-refractivity contribution is 6.51. The van der Waals surface area contributed by atoms with Crippen LogP contribution in [0.1, 0.15) is 36.6 Å². The number of rotatable bonds is 6. The Balaban J connectivity index is 1.87. The molecule has 3 aromatic carbocycles. The van der Waals surface area contributed by atoms with Gasteiger partial charge in [-0.3, -0.25) is 14.5 Å². The molecule has 7 heteroatoms. The van der Waals surface area contributed by atoms with Gasteiger partial charge in [0.1, 0.15) is 23.0 Å². The predicted molar refractivity (Wildman–Crippen MR) is 133 cm³/mol. The summed E-state index contributed by atoms with van der Waals surface area (Å²) >= 11 is 0. The highest BCUT2D eigenvalue weighted by atomic mass is 16.5. The Kier molecular flexibility index (Phi) is 6.51. The molecule has 35 heavy (non-hydrogen) atoms. The van der Waals surface area contributed by atoms with Gasteiger partial charge in [-0.1, -0.05) is 38.1 Å². The molecule has 0 spiro atoms. The molecular formula is C28H27NO6. The number of anilines is 1. The normalized spacial score (nSPS) is 17.3. The monoisotopic (exact) mass is 473 g/mol. The van der Waals surface area contributed by atoms with E-state index in [2.05, 4.69) is 0 Å². The zero-order valence-corrected chi connectivity index (χ0v) is 19.7. The summed E-state index contributed by atoms with van der Waals surface area (Å²) < 4.78 is 5.81. The Hall–Kier alpha value is -4.26. The molecule has 0 aromatic heterocycles. The second-order valence-corrected chi connectivity index (χ2v) is 8.94. The maximum Gasteiger partial charge on any atom is 0.300 e. The minimum Gasteiger partial charge on any atom is -0.508 e. The minimum atomic E-state index is -1.06. The van der Waals surface area contributed by atoms with E-state index in [0.717, 1.165) is 10.5 Å². The number of carbonyl (C=O) groups excluding carboxylic acids is 2. The predicted octanol–water partition coefficient (Wildman–Crippen LogP) is 5.07. The Labute approximate surface area is 203 Å². The Morgan fingerprint density at radius 2 is 1.74 bits per heavy atom. The van der Waals surface area contributed by atoms with Gasteiger partial charge in [-0.2, -0.15) is 0 Å². The molecule has 1 unspecified atom stereocenters. The molecule has 0 radical (unpaired) electrons. The van der Waals surface area contributed by atoms with Crippen LogP contribution < -0.4 is 9.64 Å². The molecule has 0 aliphatic carbocycles. The van der Waals surface area contributed by atoms with Crippen molar-refractivity contribution in [2.24, 2.45) is 5.92 Å². The number of aromatic hydroxyl groups is 2. The number of aryl methyl sites for hydroxylation is 1. The van der Waals surface area contributed by atoms with E-state index in [-0.39, 0.29) is 28.5 Å². The molecule has 3 N–H and O–H groups in total. The first kappa shape index (κ1) is 23.9. The number of para-hydroxylation sites is 2. The average Bonchev–Trinajstić information content (AvgIpc) is 3.08. The number of aliphatic hydroxyl groups excluding tert-OH is 1. The summed E-state index contributed by atoms with van der Waals surface area (Å²) in [7, 11) is 0. The number of aliphatic hydroxyl groups is 1. The summed E-state index contributed by atoms with van der Waals surface area (Å²) in [5.74, 6) is -1.39. The van der Waals surface area contributed by atoms with E-state index in [1.54, 1.807) is 42.5 Å². The molecule has 1 atom stereocenters. The highest BCUT2D eigenvalue weighted by Gasteiger charge is 2.47. The molecule has 1 amide bonds. The number of phenols is 2. The molecule has 4 rings (SSSR count). The van der Waals surface area contributed by atoms with Crippen molar-refractivity contribution in [3.8, 4) is 17.2 Å². The van der Waals surface area contributed by atoms with Gasteiger partial charge in [-0.05, 0) is 66.4 Å². The maximum atomic E-state index is 13.2. The van der Waals surface area contributed by atoms with E-state index >= 15 is 0 Å². The van der Waals surface area contributed by atoms with Crippen molar-refractivity contribution in [2.75, 3.05) is 11.5 Å². The number of nitrogens with zero attached hydrogens (tertiary/aromatic N) is 1. The molecular weight excluding hydrogens is 446 g/mol. The minimum absolute atomic E-state index is 0.0622. The lowest BCUT2D eigenvalue weighted by atomic mass is 9.94. The summed E-state index contributed by atoms with van der Waals surface area (Å²) in [6.07, 6.45) is 0. The summed E-state index contributed by atoms with van der Waals surface area (Å²) in [5, 5.41) is 31.8. The molecule has 0 bridgehead atoms. The zero-order valence-electron chi connectivity index (χ0n) is 19.7. The Morgan fingerprint density at radius 1 is 1.00 bits per heavy atom. The van der Waals surface area contributed by atoms with Gasteiger partial charge in [-0.15, -0.1) is 0 Å². The SMILES string of the molecule is Cc1cc(/C(O)=C2/C(=O)C(=O)N(c3ccccc3O)C2c2cccc(O)c2)ccc1OCC(C)C. The van der Waals surface area contributed by atoms with Gasteiger partial charge >= 0.3 is 0 Å². The van der Waals surface area contributed by atoms with Crippen molar-refractivity contribution < 1.29 is 29.6 Å². The van der Waals surface area contributed by atoms with Gasteiger partial charge in [0.05, 0.1) is 23.9 Å². The number of carbonyl (C=O) groups is 2. The highest BCUT2D eigenvalue weighted by Crippen LogP contribution is 2.45. The van der Waals surface area contributed by atoms with E-state index in [1.165, 1.54) is 24.3 Å². The van der Waals surface area contributed by atoms with Crippen molar-refractivity contribution in [1.82, 2.24) is 0 Å². The van der Waals surface area contributed by atoms with Crippen LogP contribution in [0.3, 0.4) is 0 Å². The first-order valence-electron chi connectivity index (χ1n) is 11.3. The third-order valence-electron chi connectivity index (χ3n) is 5.79. The molecule has 0 saturated carbocycles. The standard InChI is InChI=1S/C28H27NO6/c1-16(2)15-35-23-12-11-19(13-17(23)3)26(32)24-25(18-7-6-8-20(30)14-18)29(28(34)27(24)33)21-9-4-5-10-22(21)31/h4-14,16,25,30-32H,15H2,1-3H3/b26-24-. The van der Waals surface area contributed by atoms with Crippen LogP contribution in [0.5, 0.6) is 17.2 Å². The third-order valence-corrected chi connectivity index (χ3v) is 5.79. The average molecular weight is 474 g/mol. The zero-order chi connectivity index (χ0) is 25.3. The number of Topliss-reactive ketones (excluding diaryl/α,β-unsaturated/α-hetero) is 1. The van der Waals surface area contributed by atoms with Crippen LogP contribution in [0, 0.1) is 12.8 Å². The van der Waals surface area contributed by atoms with Crippen LogP contribution in [0.25, 0.3) is 5.76 Å². The van der Waals surface area contributed by atoms with E-state index in [1.807, 2.05) is 20.8 Å². The van der Waals surface area contributed by atoms with Gasteiger partial charge in [-0.25, -0.2) is 0 Å². The van der Waals surface area contributed by atoms with Crippen molar-refractivity contribution in [3.63, 3.8) is 0 Å². The first-order chi connectivity index (χ1) is 16.7. The topological polar surface area (TPSA) is 107 Å². The van der Waals surface area contributed by atoms with Gasteiger partial charge < -0.3 is 20.1 Å². The number of hydrogen-bond acceptors (Lipinski definition) is 6. The number of hydrogen-bond donors (Lipinski definition) is 3. The molecule has 1 saturated heterocycles.